The fourth-order valence-corrected chi connectivity index (χ4v) is 4.35. The number of rotatable bonds is 10. The van der Waals surface area contributed by atoms with Crippen LogP contribution in [0.1, 0.15) is 30.0 Å². The van der Waals surface area contributed by atoms with Gasteiger partial charge in [-0.25, -0.2) is 9.18 Å². The molecule has 202 valence electrons. The van der Waals surface area contributed by atoms with Crippen LogP contribution in [-0.2, 0) is 22.7 Å². The predicted molar refractivity (Wildman–Crippen MR) is 146 cm³/mol. The van der Waals surface area contributed by atoms with Crippen LogP contribution in [0.5, 0.6) is 17.2 Å². The zero-order valence-electron chi connectivity index (χ0n) is 21.3. The second-order valence-corrected chi connectivity index (χ2v) is 9.51. The van der Waals surface area contributed by atoms with Gasteiger partial charge in [0.1, 0.15) is 23.7 Å². The molecule has 0 bridgehead atoms. The number of urea groups is 1. The summed E-state index contributed by atoms with van der Waals surface area (Å²) in [5.74, 6) is -0.333. The van der Waals surface area contributed by atoms with Gasteiger partial charge in [-0.1, -0.05) is 31.2 Å². The lowest BCUT2D eigenvalue weighted by molar-refractivity contribution is -0.130. The Balaban J connectivity index is 1.50. The van der Waals surface area contributed by atoms with Crippen LogP contribution in [0.2, 0.25) is 0 Å². The molecule has 0 aliphatic carbocycles. The summed E-state index contributed by atoms with van der Waals surface area (Å²) >= 11 is 3.43. The van der Waals surface area contributed by atoms with E-state index in [4.69, 9.17) is 14.2 Å². The summed E-state index contributed by atoms with van der Waals surface area (Å²) in [6.45, 7) is 2.60. The number of carbonyl (C=O) groups is 3. The zero-order valence-corrected chi connectivity index (χ0v) is 22.9. The van der Waals surface area contributed by atoms with Crippen molar-refractivity contribution in [2.45, 2.75) is 26.5 Å². The molecular weight excluding hydrogens is 571 g/mol. The highest BCUT2D eigenvalue weighted by molar-refractivity contribution is 9.10. The standard InChI is InChI=1S/C29H26BrFN2O6/c1-3-11-38-25-10-8-19(15-26(25)37-2)16-33-28(35)22(27(34)32-29(33)36)13-18-7-9-24(23(30)14-18)39-17-20-5-4-6-21(31)12-20/h4-10,12-15H,3,11,16-17H2,1-2H3,(H,32,34,36)/b22-13+. The van der Waals surface area contributed by atoms with Gasteiger partial charge < -0.3 is 14.2 Å². The van der Waals surface area contributed by atoms with Crippen molar-refractivity contribution in [2.75, 3.05) is 13.7 Å². The number of barbiturate groups is 1. The van der Waals surface area contributed by atoms with Gasteiger partial charge >= 0.3 is 6.03 Å². The van der Waals surface area contributed by atoms with Gasteiger partial charge in [0.15, 0.2) is 11.5 Å². The van der Waals surface area contributed by atoms with E-state index in [1.54, 1.807) is 48.5 Å². The SMILES string of the molecule is CCCOc1ccc(CN2C(=O)NC(=O)/C(=C\c3ccc(OCc4cccc(F)c4)c(Br)c3)C2=O)cc1OC. The normalized spacial score (nSPS) is 14.4. The monoisotopic (exact) mass is 596 g/mol. The Morgan fingerprint density at radius 1 is 0.949 bits per heavy atom. The van der Waals surface area contributed by atoms with Gasteiger partial charge in [-0.2, -0.15) is 0 Å². The number of hydrogen-bond acceptors (Lipinski definition) is 6. The van der Waals surface area contributed by atoms with Crippen molar-refractivity contribution in [3.8, 4) is 17.2 Å². The second kappa shape index (κ2) is 12.6. The zero-order chi connectivity index (χ0) is 27.9. The summed E-state index contributed by atoms with van der Waals surface area (Å²) in [5.41, 5.74) is 1.63. The van der Waals surface area contributed by atoms with E-state index in [0.717, 1.165) is 11.3 Å². The predicted octanol–water partition coefficient (Wildman–Crippen LogP) is 5.63. The Bertz CT molecular complexity index is 1440. The van der Waals surface area contributed by atoms with Gasteiger partial charge in [0.2, 0.25) is 0 Å². The van der Waals surface area contributed by atoms with Gasteiger partial charge in [-0.05, 0) is 81.5 Å². The minimum atomic E-state index is -0.810. The molecule has 39 heavy (non-hydrogen) atoms. The molecule has 10 heteroatoms. The van der Waals surface area contributed by atoms with Crippen LogP contribution in [0.25, 0.3) is 6.08 Å². The van der Waals surface area contributed by atoms with Crippen LogP contribution >= 0.6 is 15.9 Å². The van der Waals surface area contributed by atoms with E-state index in [2.05, 4.69) is 21.2 Å². The number of halogens is 2. The van der Waals surface area contributed by atoms with E-state index in [9.17, 15) is 18.8 Å². The first-order valence-corrected chi connectivity index (χ1v) is 12.9. The lowest BCUT2D eigenvalue weighted by Crippen LogP contribution is -2.53. The Kier molecular flexibility index (Phi) is 8.98. The number of nitrogens with zero attached hydrogens (tertiary/aromatic N) is 1. The van der Waals surface area contributed by atoms with Crippen molar-refractivity contribution in [2.24, 2.45) is 0 Å². The van der Waals surface area contributed by atoms with Gasteiger partial charge in [0.05, 0.1) is 24.7 Å². The van der Waals surface area contributed by atoms with Gasteiger partial charge in [0, 0.05) is 0 Å². The van der Waals surface area contributed by atoms with E-state index < -0.39 is 17.8 Å². The minimum Gasteiger partial charge on any atom is -0.493 e. The van der Waals surface area contributed by atoms with E-state index in [-0.39, 0.29) is 24.5 Å². The van der Waals surface area contributed by atoms with Crippen LogP contribution in [0.15, 0.2) is 70.7 Å². The number of hydrogen-bond donors (Lipinski definition) is 1. The number of amides is 4. The molecular formula is C29H26BrFN2O6. The lowest BCUT2D eigenvalue weighted by Gasteiger charge is -2.26. The molecule has 0 atom stereocenters. The van der Waals surface area contributed by atoms with Crippen LogP contribution in [0, 0.1) is 5.82 Å². The number of methoxy groups -OCH3 is 1. The van der Waals surface area contributed by atoms with Crippen molar-refractivity contribution in [1.29, 1.82) is 0 Å². The molecule has 1 saturated heterocycles. The molecule has 0 saturated carbocycles. The third-order valence-corrected chi connectivity index (χ3v) is 6.39. The maximum atomic E-state index is 13.4. The first-order valence-electron chi connectivity index (χ1n) is 12.1. The molecule has 3 aromatic carbocycles. The lowest BCUT2D eigenvalue weighted by atomic mass is 10.1. The third-order valence-electron chi connectivity index (χ3n) is 5.77. The summed E-state index contributed by atoms with van der Waals surface area (Å²) in [6, 6.07) is 15.4. The molecule has 0 aromatic heterocycles. The van der Waals surface area contributed by atoms with E-state index in [1.807, 2.05) is 6.92 Å². The summed E-state index contributed by atoms with van der Waals surface area (Å²) < 4.78 is 30.8. The Labute approximate surface area is 233 Å². The Morgan fingerprint density at radius 3 is 2.46 bits per heavy atom. The third kappa shape index (κ3) is 6.83. The fourth-order valence-electron chi connectivity index (χ4n) is 3.84. The topological polar surface area (TPSA) is 94.2 Å². The number of nitrogens with one attached hydrogen (secondary N) is 1. The smallest absolute Gasteiger partial charge is 0.331 e. The first kappa shape index (κ1) is 27.8. The molecule has 0 spiro atoms. The molecule has 8 nitrogen and oxygen atoms in total. The Hall–Kier alpha value is -4.18. The van der Waals surface area contributed by atoms with Crippen LogP contribution in [0.4, 0.5) is 9.18 Å². The minimum absolute atomic E-state index is 0.0732. The summed E-state index contributed by atoms with van der Waals surface area (Å²) in [4.78, 5) is 39.2. The quantitative estimate of drug-likeness (QED) is 0.241. The molecule has 1 heterocycles. The van der Waals surface area contributed by atoms with Gasteiger partial charge in [0.25, 0.3) is 11.8 Å². The number of carbonyl (C=O) groups excluding carboxylic acids is 3. The molecule has 0 radical (unpaired) electrons. The maximum Gasteiger partial charge on any atom is 0.331 e. The van der Waals surface area contributed by atoms with Crippen molar-refractivity contribution in [3.05, 3.63) is 93.2 Å². The molecule has 4 rings (SSSR count). The molecule has 1 aliphatic rings. The van der Waals surface area contributed by atoms with Crippen molar-refractivity contribution in [3.63, 3.8) is 0 Å². The molecule has 1 N–H and O–H groups in total. The highest BCUT2D eigenvalue weighted by atomic mass is 79.9. The highest BCUT2D eigenvalue weighted by Crippen LogP contribution is 2.30. The second-order valence-electron chi connectivity index (χ2n) is 8.65. The van der Waals surface area contributed by atoms with Gasteiger partial charge in [-0.15, -0.1) is 0 Å². The molecule has 1 aliphatic heterocycles. The number of imide groups is 2. The maximum absolute atomic E-state index is 13.4. The van der Waals surface area contributed by atoms with Crippen LogP contribution < -0.4 is 19.5 Å². The number of benzene rings is 3. The van der Waals surface area contributed by atoms with E-state index >= 15 is 0 Å². The summed E-state index contributed by atoms with van der Waals surface area (Å²) in [6.07, 6.45) is 2.23. The van der Waals surface area contributed by atoms with Crippen LogP contribution in [-0.4, -0.2) is 36.5 Å². The average Bonchev–Trinajstić information content (AvgIpc) is 2.92. The van der Waals surface area contributed by atoms with Crippen LogP contribution in [0.3, 0.4) is 0 Å². The summed E-state index contributed by atoms with van der Waals surface area (Å²) in [7, 11) is 1.51. The van der Waals surface area contributed by atoms with E-state index in [1.165, 1.54) is 25.3 Å². The largest absolute Gasteiger partial charge is 0.493 e. The molecule has 0 unspecified atom stereocenters. The highest BCUT2D eigenvalue weighted by Gasteiger charge is 2.35. The van der Waals surface area contributed by atoms with Gasteiger partial charge in [-0.3, -0.25) is 19.8 Å². The van der Waals surface area contributed by atoms with Crippen molar-refractivity contribution >= 4 is 39.9 Å². The Morgan fingerprint density at radius 2 is 1.74 bits per heavy atom. The average molecular weight is 597 g/mol. The molecule has 4 amide bonds. The molecule has 1 fully saturated rings. The number of ether oxygens (including phenoxy) is 3. The molecule has 3 aromatic rings. The van der Waals surface area contributed by atoms with Crippen molar-refractivity contribution in [1.82, 2.24) is 10.2 Å². The summed E-state index contributed by atoms with van der Waals surface area (Å²) in [5, 5.41) is 2.22. The van der Waals surface area contributed by atoms with Crippen molar-refractivity contribution < 1.29 is 33.0 Å². The van der Waals surface area contributed by atoms with E-state index in [0.29, 0.717) is 45.0 Å². The first-order chi connectivity index (χ1) is 18.8. The fraction of sp³-hybridized carbons (Fsp3) is 0.207.